The van der Waals surface area contributed by atoms with Crippen LogP contribution in [0, 0.1) is 48.8 Å². The van der Waals surface area contributed by atoms with Crippen molar-refractivity contribution in [2.24, 2.45) is 5.16 Å². The predicted molar refractivity (Wildman–Crippen MR) is 232 cm³/mol. The Bertz CT molecular complexity index is 2200. The summed E-state index contributed by atoms with van der Waals surface area (Å²) in [7, 11) is 1.49. The minimum atomic E-state index is -1.46. The molecule has 20 heteroatoms. The second kappa shape index (κ2) is 29.8. The first kappa shape index (κ1) is 55.5. The summed E-state index contributed by atoms with van der Waals surface area (Å²) in [5, 5.41) is 28.2. The number of nitrogens with one attached hydrogen (secondary N) is 5. The Morgan fingerprint density at radius 3 is 1.52 bits per heavy atom. The number of anilines is 4. The van der Waals surface area contributed by atoms with Gasteiger partial charge in [0.2, 0.25) is 5.91 Å². The number of hydroxylamine groups is 2. The summed E-state index contributed by atoms with van der Waals surface area (Å²) in [6.07, 6.45) is 2.44. The number of amides is 3. The lowest BCUT2D eigenvalue weighted by atomic mass is 10.1. The molecule has 0 unspecified atom stereocenters. The van der Waals surface area contributed by atoms with Crippen molar-refractivity contribution in [3.05, 3.63) is 123 Å². The molecule has 4 rings (SSSR count). The van der Waals surface area contributed by atoms with Gasteiger partial charge < -0.3 is 31.0 Å². The van der Waals surface area contributed by atoms with E-state index in [-0.39, 0.29) is 61.3 Å². The first-order valence-electron chi connectivity index (χ1n) is 19.8. The number of carbonyl (C=O) groups excluding carboxylic acids is 3. The molecule has 0 aliphatic heterocycles. The summed E-state index contributed by atoms with van der Waals surface area (Å²) in [6.45, 7) is 13.5. The molecular formula is C44H54F6N6O8. The SMILES string of the molecule is C=Cc1cc(C(=O)NOCCO)c(Nc2ccc(C)cc2F)c(F)c1F.CC.CC.CNC(=O)CCCO/N=C/c1cc(C(=O)NOCCO)c(Nc2ccc(C)cc2F)c(F)c1F. The van der Waals surface area contributed by atoms with Crippen LogP contribution < -0.4 is 26.9 Å². The highest BCUT2D eigenvalue weighted by Crippen LogP contribution is 2.32. The van der Waals surface area contributed by atoms with Crippen molar-refractivity contribution in [3.8, 4) is 0 Å². The van der Waals surface area contributed by atoms with Crippen molar-refractivity contribution in [1.82, 2.24) is 16.3 Å². The Balaban J connectivity index is 0.000000611. The van der Waals surface area contributed by atoms with Gasteiger partial charge in [-0.25, -0.2) is 37.3 Å². The predicted octanol–water partition coefficient (Wildman–Crippen LogP) is 8.19. The molecule has 3 amide bonds. The lowest BCUT2D eigenvalue weighted by Crippen LogP contribution is -2.26. The Kier molecular flexibility index (Phi) is 25.8. The summed E-state index contributed by atoms with van der Waals surface area (Å²) in [4.78, 5) is 50.3. The first-order chi connectivity index (χ1) is 30.7. The van der Waals surface area contributed by atoms with Crippen molar-refractivity contribution >= 4 is 52.8 Å². The molecule has 0 atom stereocenters. The van der Waals surface area contributed by atoms with E-state index >= 15 is 0 Å². The maximum Gasteiger partial charge on any atom is 0.277 e. The molecule has 0 saturated heterocycles. The molecule has 0 fully saturated rings. The van der Waals surface area contributed by atoms with Gasteiger partial charge in [0.25, 0.3) is 11.8 Å². The lowest BCUT2D eigenvalue weighted by molar-refractivity contribution is -0.120. The maximum absolute atomic E-state index is 15.0. The average molecular weight is 909 g/mol. The Morgan fingerprint density at radius 2 is 1.11 bits per heavy atom. The van der Waals surface area contributed by atoms with Gasteiger partial charge in [-0.3, -0.25) is 24.1 Å². The van der Waals surface area contributed by atoms with E-state index in [1.807, 2.05) is 38.7 Å². The maximum atomic E-state index is 15.0. The molecule has 0 aliphatic rings. The van der Waals surface area contributed by atoms with E-state index < -0.39 is 75.8 Å². The Hall–Kier alpha value is -6.48. The first-order valence-corrected chi connectivity index (χ1v) is 19.8. The zero-order valence-electron chi connectivity index (χ0n) is 36.5. The van der Waals surface area contributed by atoms with Crippen LogP contribution in [-0.2, 0) is 19.3 Å². The van der Waals surface area contributed by atoms with Crippen LogP contribution in [0.1, 0.15) is 83.5 Å². The third-order valence-electron chi connectivity index (χ3n) is 7.85. The molecule has 4 aromatic rings. The highest BCUT2D eigenvalue weighted by molar-refractivity contribution is 6.02. The van der Waals surface area contributed by atoms with Gasteiger partial charge in [-0.1, -0.05) is 57.6 Å². The number of halogens is 6. The second-order valence-corrected chi connectivity index (χ2v) is 12.3. The normalized spacial score (nSPS) is 10.2. The van der Waals surface area contributed by atoms with E-state index in [2.05, 4.69) is 27.7 Å². The number of aliphatic hydroxyl groups excluding tert-OH is 2. The zero-order chi connectivity index (χ0) is 48.4. The van der Waals surface area contributed by atoms with Crippen LogP contribution in [-0.4, -0.2) is 74.2 Å². The van der Waals surface area contributed by atoms with Crippen molar-refractivity contribution in [1.29, 1.82) is 0 Å². The van der Waals surface area contributed by atoms with Crippen molar-refractivity contribution in [2.45, 2.75) is 54.4 Å². The zero-order valence-corrected chi connectivity index (χ0v) is 36.5. The van der Waals surface area contributed by atoms with Crippen molar-refractivity contribution in [2.75, 3.05) is 50.7 Å². The van der Waals surface area contributed by atoms with E-state index in [0.717, 1.165) is 24.4 Å². The largest absolute Gasteiger partial charge is 0.396 e. The van der Waals surface area contributed by atoms with Crippen molar-refractivity contribution in [3.63, 3.8) is 0 Å². The fraction of sp³-hybridized carbons (Fsp3) is 0.318. The summed E-state index contributed by atoms with van der Waals surface area (Å²) >= 11 is 0. The number of oxime groups is 1. The number of hydrogen-bond donors (Lipinski definition) is 7. The standard InChI is InChI=1S/C22H25F3N4O5.C18H17F3N2O3.2C2H6/c1-13-5-6-17(16(23)10-13)28-21-15(22(32)29-34-9-7-30)11-14(19(24)20(21)25)12-27-33-8-3-4-18(31)26-2;1-3-11-9-12(18(25)23-26-7-6-24)17(16(21)15(11)20)22-14-5-4-10(2)8-13(14)19;2*1-2/h5-6,10-12,28,30H,3-4,7-9H2,1-2H3,(H,26,31)(H,29,32);3-5,8-9,22,24H,1,6-7H2,2H3,(H,23,25);2*1-2H3/b27-12+;;;. The fourth-order valence-corrected chi connectivity index (χ4v) is 4.85. The van der Waals surface area contributed by atoms with Crippen LogP contribution in [0.3, 0.4) is 0 Å². The molecule has 350 valence electrons. The lowest BCUT2D eigenvalue weighted by Gasteiger charge is -2.16. The molecule has 4 aromatic carbocycles. The van der Waals surface area contributed by atoms with Gasteiger partial charge in [-0.15, -0.1) is 0 Å². The molecule has 0 bridgehead atoms. The summed E-state index contributed by atoms with van der Waals surface area (Å²) in [6, 6.07) is 10.2. The van der Waals surface area contributed by atoms with Crippen LogP contribution >= 0.6 is 0 Å². The number of aryl methyl sites for hydroxylation is 2. The van der Waals surface area contributed by atoms with Gasteiger partial charge in [-0.2, -0.15) is 0 Å². The van der Waals surface area contributed by atoms with E-state index in [4.69, 9.17) is 24.7 Å². The number of rotatable bonds is 19. The monoisotopic (exact) mass is 908 g/mol. The molecule has 0 aromatic heterocycles. The van der Waals surface area contributed by atoms with Crippen LogP contribution in [0.2, 0.25) is 0 Å². The van der Waals surface area contributed by atoms with E-state index in [9.17, 15) is 40.7 Å². The van der Waals surface area contributed by atoms with E-state index in [0.29, 0.717) is 17.5 Å². The number of benzene rings is 4. The fourth-order valence-electron chi connectivity index (χ4n) is 4.85. The molecule has 0 radical (unpaired) electrons. The highest BCUT2D eigenvalue weighted by Gasteiger charge is 2.25. The van der Waals surface area contributed by atoms with Crippen LogP contribution in [0.5, 0.6) is 0 Å². The van der Waals surface area contributed by atoms with Gasteiger partial charge in [0, 0.05) is 24.6 Å². The third kappa shape index (κ3) is 17.0. The molecule has 0 saturated carbocycles. The average Bonchev–Trinajstić information content (AvgIpc) is 3.29. The molecule has 0 spiro atoms. The molecular weight excluding hydrogens is 855 g/mol. The summed E-state index contributed by atoms with van der Waals surface area (Å²) in [5.41, 5.74) is 2.30. The molecule has 0 heterocycles. The summed E-state index contributed by atoms with van der Waals surface area (Å²) in [5.74, 6) is -8.93. The van der Waals surface area contributed by atoms with Crippen molar-refractivity contribution < 1.29 is 65.5 Å². The quantitative estimate of drug-likeness (QED) is 0.0209. The van der Waals surface area contributed by atoms with Crippen LogP contribution in [0.4, 0.5) is 49.1 Å². The molecule has 0 aliphatic carbocycles. The number of nitrogens with zero attached hydrogens (tertiary/aromatic N) is 1. The van der Waals surface area contributed by atoms with E-state index in [1.165, 1.54) is 31.3 Å². The summed E-state index contributed by atoms with van der Waals surface area (Å²) < 4.78 is 86.6. The third-order valence-corrected chi connectivity index (χ3v) is 7.85. The molecule has 64 heavy (non-hydrogen) atoms. The number of aliphatic hydroxyl groups is 2. The van der Waals surface area contributed by atoms with Gasteiger partial charge in [0.15, 0.2) is 23.3 Å². The number of hydrogen-bond acceptors (Lipinski definition) is 11. The van der Waals surface area contributed by atoms with Gasteiger partial charge in [0.1, 0.15) is 18.2 Å². The highest BCUT2D eigenvalue weighted by atomic mass is 19.2. The van der Waals surface area contributed by atoms with Crippen LogP contribution in [0.25, 0.3) is 6.08 Å². The molecule has 7 N–H and O–H groups in total. The molecule has 14 nitrogen and oxygen atoms in total. The minimum absolute atomic E-state index is 0.0443. The van der Waals surface area contributed by atoms with Gasteiger partial charge >= 0.3 is 0 Å². The topological polar surface area (TPSA) is 192 Å². The minimum Gasteiger partial charge on any atom is -0.396 e. The number of carbonyl (C=O) groups is 3. The van der Waals surface area contributed by atoms with Gasteiger partial charge in [-0.05, 0) is 67.8 Å². The smallest absolute Gasteiger partial charge is 0.277 e. The second-order valence-electron chi connectivity index (χ2n) is 12.3. The Morgan fingerprint density at radius 1 is 0.672 bits per heavy atom. The van der Waals surface area contributed by atoms with Crippen LogP contribution in [0.15, 0.2) is 60.3 Å². The Labute approximate surface area is 367 Å². The van der Waals surface area contributed by atoms with E-state index in [1.54, 1.807) is 26.0 Å². The van der Waals surface area contributed by atoms with Gasteiger partial charge in [0.05, 0.1) is 66.5 Å².